The fourth-order valence-electron chi connectivity index (χ4n) is 2.15. The van der Waals surface area contributed by atoms with Gasteiger partial charge in [0.05, 0.1) is 0 Å². The van der Waals surface area contributed by atoms with Crippen LogP contribution in [0.1, 0.15) is 32.1 Å². The first-order valence-electron chi connectivity index (χ1n) is 6.01. The zero-order valence-corrected chi connectivity index (χ0v) is 10.2. The molecule has 18 heavy (non-hydrogen) atoms. The number of aliphatic hydroxyl groups excluding tert-OH is 2. The fraction of sp³-hybridized carbons (Fsp3) is 0.818. The van der Waals surface area contributed by atoms with Gasteiger partial charge >= 0.3 is 0 Å². The summed E-state index contributed by atoms with van der Waals surface area (Å²) >= 11 is 0. The number of amides is 2. The zero-order chi connectivity index (χ0) is 13.8. The standard InChI is InChI=1S/C11H20N2O5/c12-9(16)7(14)8(15)11(10(13)17)5-3-1-2-4-6-18-11/h7-8,14-15H,1-6H2,(H2,12,16)(H2,13,17)/t7-,8-,11+/m0/s1. The number of carbonyl (C=O) groups excluding carboxylic acids is 2. The summed E-state index contributed by atoms with van der Waals surface area (Å²) in [5.74, 6) is -2.01. The van der Waals surface area contributed by atoms with Crippen LogP contribution >= 0.6 is 0 Å². The largest absolute Gasteiger partial charge is 0.386 e. The summed E-state index contributed by atoms with van der Waals surface area (Å²) in [4.78, 5) is 22.5. The summed E-state index contributed by atoms with van der Waals surface area (Å²) < 4.78 is 5.37. The minimum atomic E-state index is -1.88. The fourth-order valence-corrected chi connectivity index (χ4v) is 2.15. The van der Waals surface area contributed by atoms with Crippen molar-refractivity contribution in [1.82, 2.24) is 0 Å². The highest BCUT2D eigenvalue weighted by Crippen LogP contribution is 2.28. The summed E-state index contributed by atoms with van der Waals surface area (Å²) in [7, 11) is 0. The molecule has 0 unspecified atom stereocenters. The Bertz CT molecular complexity index is 313. The lowest BCUT2D eigenvalue weighted by Gasteiger charge is -2.37. The van der Waals surface area contributed by atoms with E-state index in [9.17, 15) is 19.8 Å². The number of hydrogen-bond donors (Lipinski definition) is 4. The summed E-state index contributed by atoms with van der Waals surface area (Å²) in [6.45, 7) is 0.242. The molecule has 1 aliphatic heterocycles. The molecule has 0 radical (unpaired) electrons. The van der Waals surface area contributed by atoms with Crippen LogP contribution in [0.25, 0.3) is 0 Å². The lowest BCUT2D eigenvalue weighted by Crippen LogP contribution is -2.61. The van der Waals surface area contributed by atoms with E-state index in [4.69, 9.17) is 16.2 Å². The van der Waals surface area contributed by atoms with E-state index in [2.05, 4.69) is 0 Å². The van der Waals surface area contributed by atoms with Crippen molar-refractivity contribution < 1.29 is 24.5 Å². The molecule has 0 saturated carbocycles. The van der Waals surface area contributed by atoms with Crippen LogP contribution in [-0.4, -0.2) is 46.4 Å². The molecule has 0 aromatic heterocycles. The first kappa shape index (κ1) is 14.9. The SMILES string of the molecule is NC(=O)[C@@H](O)[C@H](O)[C@@]1(C(N)=O)CCCCCCO1. The summed E-state index contributed by atoms with van der Waals surface area (Å²) in [5, 5.41) is 19.5. The van der Waals surface area contributed by atoms with E-state index >= 15 is 0 Å². The number of hydrogen-bond acceptors (Lipinski definition) is 5. The average molecular weight is 260 g/mol. The second-order valence-electron chi connectivity index (χ2n) is 4.56. The van der Waals surface area contributed by atoms with E-state index < -0.39 is 29.6 Å². The molecule has 0 aromatic rings. The highest BCUT2D eigenvalue weighted by atomic mass is 16.5. The molecule has 0 bridgehead atoms. The Morgan fingerprint density at radius 1 is 1.11 bits per heavy atom. The summed E-state index contributed by atoms with van der Waals surface area (Å²) in [6.07, 6.45) is -0.281. The first-order valence-corrected chi connectivity index (χ1v) is 6.01. The molecule has 2 amide bonds. The van der Waals surface area contributed by atoms with Crippen molar-refractivity contribution >= 4 is 11.8 Å². The molecular formula is C11H20N2O5. The van der Waals surface area contributed by atoms with Crippen molar-refractivity contribution in [1.29, 1.82) is 0 Å². The van der Waals surface area contributed by atoms with Gasteiger partial charge in [-0.3, -0.25) is 9.59 Å². The monoisotopic (exact) mass is 260 g/mol. The van der Waals surface area contributed by atoms with Gasteiger partial charge in [-0.05, 0) is 19.3 Å². The van der Waals surface area contributed by atoms with Gasteiger partial charge in [-0.15, -0.1) is 0 Å². The van der Waals surface area contributed by atoms with Crippen LogP contribution in [0, 0.1) is 0 Å². The predicted molar refractivity (Wildman–Crippen MR) is 62.2 cm³/mol. The van der Waals surface area contributed by atoms with Gasteiger partial charge in [0, 0.05) is 6.61 Å². The van der Waals surface area contributed by atoms with Gasteiger partial charge in [-0.25, -0.2) is 0 Å². The smallest absolute Gasteiger partial charge is 0.252 e. The Morgan fingerprint density at radius 3 is 2.28 bits per heavy atom. The van der Waals surface area contributed by atoms with E-state index in [-0.39, 0.29) is 13.0 Å². The van der Waals surface area contributed by atoms with Gasteiger partial charge < -0.3 is 26.4 Å². The molecule has 6 N–H and O–H groups in total. The minimum absolute atomic E-state index is 0.161. The molecule has 7 nitrogen and oxygen atoms in total. The molecule has 1 rings (SSSR count). The Hall–Kier alpha value is -1.18. The quantitative estimate of drug-likeness (QED) is 0.482. The molecule has 1 heterocycles. The van der Waals surface area contributed by atoms with Crippen LogP contribution in [0.2, 0.25) is 0 Å². The van der Waals surface area contributed by atoms with Crippen LogP contribution in [-0.2, 0) is 14.3 Å². The lowest BCUT2D eigenvalue weighted by atomic mass is 9.85. The molecular weight excluding hydrogens is 240 g/mol. The molecule has 0 spiro atoms. The summed E-state index contributed by atoms with van der Waals surface area (Å²) in [5.41, 5.74) is 8.45. The Balaban J connectivity index is 2.96. The van der Waals surface area contributed by atoms with E-state index in [0.717, 1.165) is 19.3 Å². The number of primary amides is 2. The molecule has 3 atom stereocenters. The maximum Gasteiger partial charge on any atom is 0.252 e. The number of nitrogens with two attached hydrogens (primary N) is 2. The van der Waals surface area contributed by atoms with Crippen LogP contribution < -0.4 is 11.5 Å². The van der Waals surface area contributed by atoms with E-state index in [1.54, 1.807) is 0 Å². The van der Waals surface area contributed by atoms with Gasteiger partial charge in [0.1, 0.15) is 6.10 Å². The molecule has 1 saturated heterocycles. The van der Waals surface area contributed by atoms with E-state index in [1.165, 1.54) is 0 Å². The second-order valence-corrected chi connectivity index (χ2v) is 4.56. The number of rotatable bonds is 4. The van der Waals surface area contributed by atoms with E-state index in [1.807, 2.05) is 0 Å². The highest BCUT2D eigenvalue weighted by Gasteiger charge is 2.49. The molecule has 104 valence electrons. The third-order valence-corrected chi connectivity index (χ3v) is 3.29. The van der Waals surface area contributed by atoms with Crippen molar-refractivity contribution in [3.8, 4) is 0 Å². The van der Waals surface area contributed by atoms with Crippen LogP contribution in [0.3, 0.4) is 0 Å². The summed E-state index contributed by atoms with van der Waals surface area (Å²) in [6, 6.07) is 0. The van der Waals surface area contributed by atoms with Crippen molar-refractivity contribution in [2.45, 2.75) is 49.9 Å². The molecule has 0 aromatic carbocycles. The predicted octanol–water partition coefficient (Wildman–Crippen LogP) is -1.60. The Morgan fingerprint density at radius 2 is 1.72 bits per heavy atom. The molecule has 1 fully saturated rings. The maximum absolute atomic E-state index is 11.6. The van der Waals surface area contributed by atoms with Gasteiger partial charge in [0.25, 0.3) is 5.91 Å². The average Bonchev–Trinajstić information content (AvgIpc) is 2.26. The van der Waals surface area contributed by atoms with Crippen LogP contribution in [0.5, 0.6) is 0 Å². The van der Waals surface area contributed by atoms with Crippen LogP contribution in [0.15, 0.2) is 0 Å². The van der Waals surface area contributed by atoms with Gasteiger partial charge in [-0.2, -0.15) is 0 Å². The minimum Gasteiger partial charge on any atom is -0.386 e. The normalized spacial score (nSPS) is 28.8. The number of ether oxygens (including phenoxy) is 1. The van der Waals surface area contributed by atoms with Crippen molar-refractivity contribution in [3.05, 3.63) is 0 Å². The molecule has 1 aliphatic rings. The number of carbonyl (C=O) groups is 2. The molecule has 7 heteroatoms. The highest BCUT2D eigenvalue weighted by molar-refractivity contribution is 5.87. The zero-order valence-electron chi connectivity index (χ0n) is 10.2. The van der Waals surface area contributed by atoms with Crippen molar-refractivity contribution in [3.63, 3.8) is 0 Å². The lowest BCUT2D eigenvalue weighted by molar-refractivity contribution is -0.183. The third kappa shape index (κ3) is 2.98. The van der Waals surface area contributed by atoms with Gasteiger partial charge in [-0.1, -0.05) is 12.8 Å². The van der Waals surface area contributed by atoms with Crippen LogP contribution in [0.4, 0.5) is 0 Å². The first-order chi connectivity index (χ1) is 8.42. The maximum atomic E-state index is 11.6. The second kappa shape index (κ2) is 6.12. The number of aliphatic hydroxyl groups is 2. The van der Waals surface area contributed by atoms with E-state index in [0.29, 0.717) is 6.42 Å². The van der Waals surface area contributed by atoms with Crippen molar-refractivity contribution in [2.75, 3.05) is 6.61 Å². The topological polar surface area (TPSA) is 136 Å². The third-order valence-electron chi connectivity index (χ3n) is 3.29. The molecule has 0 aliphatic carbocycles. The Labute approximate surface area is 105 Å². The van der Waals surface area contributed by atoms with Gasteiger partial charge in [0.15, 0.2) is 11.7 Å². The van der Waals surface area contributed by atoms with Gasteiger partial charge in [0.2, 0.25) is 5.91 Å². The van der Waals surface area contributed by atoms with Crippen molar-refractivity contribution in [2.24, 2.45) is 11.5 Å². The Kier molecular flexibility index (Phi) is 5.06.